The van der Waals surface area contributed by atoms with Gasteiger partial charge in [-0.15, -0.1) is 0 Å². The van der Waals surface area contributed by atoms with Crippen LogP contribution >= 0.6 is 11.6 Å². The molecular formula is C16H22ClNO3. The lowest BCUT2D eigenvalue weighted by molar-refractivity contribution is -0.136. The van der Waals surface area contributed by atoms with E-state index in [1.807, 2.05) is 6.92 Å². The van der Waals surface area contributed by atoms with Crippen molar-refractivity contribution in [1.29, 1.82) is 0 Å². The molecule has 1 aliphatic rings. The van der Waals surface area contributed by atoms with E-state index in [-0.39, 0.29) is 5.91 Å². The molecule has 0 spiro atoms. The smallest absolute Gasteiger partial charge is 0.256 e. The van der Waals surface area contributed by atoms with Crippen molar-refractivity contribution in [3.8, 4) is 5.75 Å². The molecule has 1 fully saturated rings. The van der Waals surface area contributed by atoms with E-state index in [1.54, 1.807) is 25.3 Å². The fourth-order valence-electron chi connectivity index (χ4n) is 2.62. The number of amides is 1. The molecule has 2 rings (SSSR count). The highest BCUT2D eigenvalue weighted by atomic mass is 35.5. The number of hydrogen-bond donors (Lipinski definition) is 1. The van der Waals surface area contributed by atoms with Crippen molar-refractivity contribution in [2.75, 3.05) is 19.0 Å². The van der Waals surface area contributed by atoms with E-state index in [9.17, 15) is 4.79 Å². The van der Waals surface area contributed by atoms with Gasteiger partial charge in [-0.05, 0) is 50.3 Å². The van der Waals surface area contributed by atoms with Crippen LogP contribution in [0.2, 0.25) is 5.02 Å². The molecule has 1 amide bonds. The van der Waals surface area contributed by atoms with Crippen LogP contribution in [0.1, 0.15) is 39.0 Å². The summed E-state index contributed by atoms with van der Waals surface area (Å²) in [5, 5.41) is 3.40. The summed E-state index contributed by atoms with van der Waals surface area (Å²) < 4.78 is 11.0. The van der Waals surface area contributed by atoms with Crippen LogP contribution in [-0.2, 0) is 9.53 Å². The maximum atomic E-state index is 12.4. The molecule has 21 heavy (non-hydrogen) atoms. The fraction of sp³-hybridized carbons (Fsp3) is 0.562. The van der Waals surface area contributed by atoms with Gasteiger partial charge in [-0.3, -0.25) is 4.79 Å². The van der Waals surface area contributed by atoms with Gasteiger partial charge in [-0.2, -0.15) is 0 Å². The van der Waals surface area contributed by atoms with Gasteiger partial charge in [0.15, 0.2) is 0 Å². The zero-order valence-corrected chi connectivity index (χ0v) is 13.3. The van der Waals surface area contributed by atoms with Gasteiger partial charge in [-0.1, -0.05) is 18.5 Å². The zero-order valence-electron chi connectivity index (χ0n) is 12.6. The highest BCUT2D eigenvalue weighted by Gasteiger charge is 2.41. The number of ether oxygens (including phenoxy) is 2. The molecule has 116 valence electrons. The number of carbonyl (C=O) groups excluding carboxylic acids is 1. The minimum atomic E-state index is -0.691. The van der Waals surface area contributed by atoms with Crippen LogP contribution in [-0.4, -0.2) is 25.2 Å². The zero-order chi connectivity index (χ0) is 15.3. The Morgan fingerprint density at radius 2 is 2.10 bits per heavy atom. The van der Waals surface area contributed by atoms with E-state index >= 15 is 0 Å². The minimum absolute atomic E-state index is 0.0965. The van der Waals surface area contributed by atoms with Crippen molar-refractivity contribution in [2.45, 2.75) is 44.6 Å². The second-order valence-electron chi connectivity index (χ2n) is 5.35. The van der Waals surface area contributed by atoms with E-state index in [2.05, 4.69) is 5.32 Å². The van der Waals surface area contributed by atoms with Crippen molar-refractivity contribution in [3.63, 3.8) is 0 Å². The molecule has 0 unspecified atom stereocenters. The van der Waals surface area contributed by atoms with Crippen molar-refractivity contribution in [2.24, 2.45) is 0 Å². The van der Waals surface area contributed by atoms with Crippen LogP contribution in [0.25, 0.3) is 0 Å². The Bertz CT molecular complexity index is 498. The summed E-state index contributed by atoms with van der Waals surface area (Å²) in [6.07, 6.45) is 4.49. The van der Waals surface area contributed by atoms with E-state index in [0.29, 0.717) is 23.1 Å². The molecule has 4 nitrogen and oxygen atoms in total. The molecule has 1 aliphatic carbocycles. The van der Waals surface area contributed by atoms with Gasteiger partial charge in [-0.25, -0.2) is 0 Å². The Balaban J connectivity index is 2.05. The van der Waals surface area contributed by atoms with E-state index < -0.39 is 5.60 Å². The van der Waals surface area contributed by atoms with Crippen LogP contribution in [0.5, 0.6) is 5.75 Å². The molecule has 0 bridgehead atoms. The first-order valence-electron chi connectivity index (χ1n) is 7.40. The summed E-state index contributed by atoms with van der Waals surface area (Å²) >= 11 is 6.17. The largest absolute Gasteiger partial charge is 0.492 e. The van der Waals surface area contributed by atoms with Crippen molar-refractivity contribution < 1.29 is 14.3 Å². The summed E-state index contributed by atoms with van der Waals surface area (Å²) in [7, 11) is 1.60. The number of carbonyl (C=O) groups is 1. The SMILES string of the molecule is CCCOc1ccc(NC(=O)C2(OC)CCCC2)cc1Cl. The van der Waals surface area contributed by atoms with Gasteiger partial charge in [0.25, 0.3) is 5.91 Å². The first-order chi connectivity index (χ1) is 10.1. The molecule has 0 heterocycles. The van der Waals surface area contributed by atoms with Crippen LogP contribution in [0.15, 0.2) is 18.2 Å². The summed E-state index contributed by atoms with van der Waals surface area (Å²) in [6, 6.07) is 5.29. The molecule has 0 radical (unpaired) electrons. The third-order valence-electron chi connectivity index (χ3n) is 3.87. The highest BCUT2D eigenvalue weighted by Crippen LogP contribution is 2.34. The van der Waals surface area contributed by atoms with E-state index in [0.717, 1.165) is 32.1 Å². The molecule has 0 aliphatic heterocycles. The monoisotopic (exact) mass is 311 g/mol. The average Bonchev–Trinajstić information content (AvgIpc) is 2.96. The Morgan fingerprint density at radius 3 is 2.67 bits per heavy atom. The van der Waals surface area contributed by atoms with Gasteiger partial charge in [0.2, 0.25) is 0 Å². The number of methoxy groups -OCH3 is 1. The molecule has 0 atom stereocenters. The first kappa shape index (κ1) is 16.1. The summed E-state index contributed by atoms with van der Waals surface area (Å²) in [4.78, 5) is 12.4. The number of benzene rings is 1. The summed E-state index contributed by atoms with van der Waals surface area (Å²) in [5.41, 5.74) is -0.0266. The van der Waals surface area contributed by atoms with Crippen LogP contribution < -0.4 is 10.1 Å². The van der Waals surface area contributed by atoms with Gasteiger partial charge in [0.05, 0.1) is 11.6 Å². The number of hydrogen-bond acceptors (Lipinski definition) is 3. The van der Waals surface area contributed by atoms with Crippen LogP contribution in [0.3, 0.4) is 0 Å². The topological polar surface area (TPSA) is 47.6 Å². The summed E-state index contributed by atoms with van der Waals surface area (Å²) in [6.45, 7) is 2.66. The molecule has 1 aromatic rings. The maximum absolute atomic E-state index is 12.4. The molecule has 1 saturated carbocycles. The number of rotatable bonds is 6. The van der Waals surface area contributed by atoms with E-state index in [4.69, 9.17) is 21.1 Å². The molecular weight excluding hydrogens is 290 g/mol. The molecule has 0 aromatic heterocycles. The highest BCUT2D eigenvalue weighted by molar-refractivity contribution is 6.32. The third-order valence-corrected chi connectivity index (χ3v) is 4.16. The average molecular weight is 312 g/mol. The minimum Gasteiger partial charge on any atom is -0.492 e. The Labute approximate surface area is 130 Å². The first-order valence-corrected chi connectivity index (χ1v) is 7.78. The second kappa shape index (κ2) is 7.14. The van der Waals surface area contributed by atoms with Crippen LogP contribution in [0.4, 0.5) is 5.69 Å². The standard InChI is InChI=1S/C16H22ClNO3/c1-3-10-21-14-7-6-12(11-13(14)17)18-15(19)16(20-2)8-4-5-9-16/h6-7,11H,3-5,8-10H2,1-2H3,(H,18,19). The predicted molar refractivity (Wildman–Crippen MR) is 84.1 cm³/mol. The van der Waals surface area contributed by atoms with Crippen molar-refractivity contribution in [1.82, 2.24) is 0 Å². The number of halogens is 1. The Kier molecular flexibility index (Phi) is 5.48. The second-order valence-corrected chi connectivity index (χ2v) is 5.76. The number of nitrogens with one attached hydrogen (secondary N) is 1. The molecule has 5 heteroatoms. The quantitative estimate of drug-likeness (QED) is 0.863. The molecule has 0 saturated heterocycles. The van der Waals surface area contributed by atoms with Gasteiger partial charge < -0.3 is 14.8 Å². The normalized spacial score (nSPS) is 16.7. The number of anilines is 1. The van der Waals surface area contributed by atoms with Crippen molar-refractivity contribution in [3.05, 3.63) is 23.2 Å². The fourth-order valence-corrected chi connectivity index (χ4v) is 2.86. The Morgan fingerprint density at radius 1 is 1.38 bits per heavy atom. The lowest BCUT2D eigenvalue weighted by Gasteiger charge is -2.26. The van der Waals surface area contributed by atoms with Gasteiger partial charge >= 0.3 is 0 Å². The van der Waals surface area contributed by atoms with Gasteiger partial charge in [0, 0.05) is 12.8 Å². The molecule has 1 aromatic carbocycles. The molecule has 1 N–H and O–H groups in total. The predicted octanol–water partition coefficient (Wildman–Crippen LogP) is 4.03. The van der Waals surface area contributed by atoms with Gasteiger partial charge in [0.1, 0.15) is 11.4 Å². The third kappa shape index (κ3) is 3.69. The lowest BCUT2D eigenvalue weighted by Crippen LogP contribution is -2.42. The summed E-state index contributed by atoms with van der Waals surface area (Å²) in [5.74, 6) is 0.541. The lowest BCUT2D eigenvalue weighted by atomic mass is 10.0. The Hall–Kier alpha value is -1.26. The maximum Gasteiger partial charge on any atom is 0.256 e. The van der Waals surface area contributed by atoms with Crippen molar-refractivity contribution >= 4 is 23.2 Å². The van der Waals surface area contributed by atoms with E-state index in [1.165, 1.54) is 0 Å². The van der Waals surface area contributed by atoms with Crippen LogP contribution in [0, 0.1) is 0 Å².